The van der Waals surface area contributed by atoms with Crippen molar-refractivity contribution in [3.8, 4) is 0 Å². The first kappa shape index (κ1) is 18.0. The summed E-state index contributed by atoms with van der Waals surface area (Å²) in [7, 11) is 2.92. The molecule has 0 aliphatic rings. The summed E-state index contributed by atoms with van der Waals surface area (Å²) >= 11 is 4.64. The van der Waals surface area contributed by atoms with Crippen molar-refractivity contribution in [3.05, 3.63) is 11.4 Å². The first-order chi connectivity index (χ1) is 5.92. The lowest BCUT2D eigenvalue weighted by molar-refractivity contribution is -0.120. The van der Waals surface area contributed by atoms with Gasteiger partial charge in [-0.1, -0.05) is 0 Å². The van der Waals surface area contributed by atoms with Crippen LogP contribution in [-0.4, -0.2) is 31.8 Å². The molecule has 0 radical (unpaired) electrons. The van der Waals surface area contributed by atoms with E-state index >= 15 is 0 Å². The van der Waals surface area contributed by atoms with E-state index in [1.54, 1.807) is 0 Å². The van der Waals surface area contributed by atoms with Gasteiger partial charge < -0.3 is 9.58 Å². The first-order valence-corrected chi connectivity index (χ1v) is 3.70. The van der Waals surface area contributed by atoms with Crippen molar-refractivity contribution in [2.45, 2.75) is 13.8 Å². The van der Waals surface area contributed by atoms with Crippen LogP contribution in [0, 0.1) is 6.57 Å². The van der Waals surface area contributed by atoms with E-state index in [4.69, 9.17) is 6.57 Å². The van der Waals surface area contributed by atoms with Gasteiger partial charge in [0.05, 0.1) is 0 Å². The van der Waals surface area contributed by atoms with Crippen LogP contribution in [0.5, 0.6) is 0 Å². The highest BCUT2D eigenvalue weighted by Crippen LogP contribution is 1.67. The summed E-state index contributed by atoms with van der Waals surface area (Å²) in [6.45, 7) is 8.85. The fourth-order valence-electron chi connectivity index (χ4n) is 0.203. The van der Waals surface area contributed by atoms with Gasteiger partial charge in [0, 0.05) is 14.0 Å². The van der Waals surface area contributed by atoms with Gasteiger partial charge in [-0.25, -0.2) is 6.57 Å². The van der Waals surface area contributed by atoms with E-state index in [2.05, 4.69) is 21.2 Å². The molecule has 0 heterocycles. The van der Waals surface area contributed by atoms with E-state index in [9.17, 15) is 9.59 Å². The van der Waals surface area contributed by atoms with Crippen LogP contribution in [0.2, 0.25) is 0 Å². The van der Waals surface area contributed by atoms with Crippen LogP contribution in [0.4, 0.5) is 0 Å². The minimum Gasteiger partial charge on any atom is -0.377 e. The Morgan fingerprint density at radius 2 is 1.69 bits per heavy atom. The minimum absolute atomic E-state index is 0.0671. The highest BCUT2D eigenvalue weighted by atomic mass is 35.5. The molecule has 76 valence electrons. The summed E-state index contributed by atoms with van der Waals surface area (Å²) < 4.78 is 4.45. The highest BCUT2D eigenvalue weighted by Gasteiger charge is 1.83. The summed E-state index contributed by atoms with van der Waals surface area (Å²) in [5.41, 5.74) is 0. The largest absolute Gasteiger partial charge is 0.377 e. The quantitative estimate of drug-likeness (QED) is 0.510. The molecule has 0 saturated carbocycles. The van der Waals surface area contributed by atoms with Gasteiger partial charge in [-0.2, -0.15) is 0 Å². The molecule has 0 aromatic rings. The third kappa shape index (κ3) is 211. The lowest BCUT2D eigenvalue weighted by Gasteiger charge is -1.84. The van der Waals surface area contributed by atoms with E-state index < -0.39 is 0 Å². The van der Waals surface area contributed by atoms with Crippen molar-refractivity contribution >= 4 is 22.6 Å². The smallest absolute Gasteiger partial charge is 0.218 e. The Kier molecular flexibility index (Phi) is 23.9. The van der Waals surface area contributed by atoms with Crippen LogP contribution in [0.3, 0.4) is 0 Å². The average molecular weight is 208 g/mol. The van der Waals surface area contributed by atoms with E-state index in [1.165, 1.54) is 28.0 Å². The van der Waals surface area contributed by atoms with Gasteiger partial charge in [-0.3, -0.25) is 9.59 Å². The van der Waals surface area contributed by atoms with Crippen LogP contribution >= 0.6 is 11.6 Å². The Hall–Kier alpha value is -0.920. The summed E-state index contributed by atoms with van der Waals surface area (Å²) in [4.78, 5) is 21.9. The summed E-state index contributed by atoms with van der Waals surface area (Å²) in [5.74, 6) is 0.0671. The topological polar surface area (TPSA) is 47.7 Å². The van der Waals surface area contributed by atoms with Gasteiger partial charge in [-0.15, -0.1) is 0 Å². The number of ether oxygens (including phenoxy) is 1. The average Bonchev–Trinajstić information content (AvgIpc) is 1.86. The molecule has 4 nitrogen and oxygen atoms in total. The summed E-state index contributed by atoms with van der Waals surface area (Å²) in [6, 6.07) is 0. The maximum atomic E-state index is 9.92. The molecule has 0 aromatic heterocycles. The Balaban J connectivity index is -0.000000125. The van der Waals surface area contributed by atoms with E-state index in [0.717, 1.165) is 0 Å². The molecule has 0 amide bonds. The summed E-state index contributed by atoms with van der Waals surface area (Å²) in [6.07, 6.45) is 0. The van der Waals surface area contributed by atoms with Gasteiger partial charge in [0.15, 0.2) is 5.78 Å². The van der Waals surface area contributed by atoms with Crippen molar-refractivity contribution in [2.24, 2.45) is 0 Å². The van der Waals surface area contributed by atoms with Crippen LogP contribution in [-0.2, 0) is 14.3 Å². The second kappa shape index (κ2) is 17.2. The predicted octanol–water partition coefficient (Wildman–Crippen LogP) is 1.53. The standard InChI is InChI=1S/C4H8O2.C2H3ClO.C2H3N/c1-4(5)3-6-2;1-2(3)4;1-3-2/h3H2,1-2H3;1H3;1H3. The van der Waals surface area contributed by atoms with Crippen molar-refractivity contribution in [2.75, 3.05) is 20.8 Å². The fraction of sp³-hybridized carbons (Fsp3) is 0.625. The zero-order chi connectivity index (χ0) is 11.3. The van der Waals surface area contributed by atoms with Crippen molar-refractivity contribution < 1.29 is 14.3 Å². The lowest BCUT2D eigenvalue weighted by Crippen LogP contribution is -1.98. The maximum absolute atomic E-state index is 9.92. The molecule has 0 aromatic carbocycles. The predicted molar refractivity (Wildman–Crippen MR) is 51.6 cm³/mol. The molecule has 0 saturated heterocycles. The molecule has 5 heteroatoms. The molecule has 0 bridgehead atoms. The second-order valence-corrected chi connectivity index (χ2v) is 2.36. The molecule has 0 spiro atoms. The number of rotatable bonds is 2. The second-order valence-electron chi connectivity index (χ2n) is 1.83. The van der Waals surface area contributed by atoms with E-state index in [0.29, 0.717) is 0 Å². The summed E-state index contributed by atoms with van der Waals surface area (Å²) in [5, 5.41) is -0.361. The third-order valence-electron chi connectivity index (χ3n) is 0.348. The lowest BCUT2D eigenvalue weighted by atomic mass is 10.5. The zero-order valence-electron chi connectivity index (χ0n) is 8.26. The molecule has 0 atom stereocenters. The molecule has 13 heavy (non-hydrogen) atoms. The molecule has 0 fully saturated rings. The Morgan fingerprint density at radius 3 is 1.69 bits per heavy atom. The number of hydrogen-bond donors (Lipinski definition) is 0. The molecular weight excluding hydrogens is 194 g/mol. The van der Waals surface area contributed by atoms with Crippen LogP contribution < -0.4 is 0 Å². The number of ketones is 1. The number of halogens is 1. The first-order valence-electron chi connectivity index (χ1n) is 3.32. The maximum Gasteiger partial charge on any atom is 0.218 e. The van der Waals surface area contributed by atoms with Crippen LogP contribution in [0.1, 0.15) is 13.8 Å². The molecular formula is C8H14ClNO3. The molecule has 0 aliphatic carbocycles. The third-order valence-corrected chi connectivity index (χ3v) is 0.348. The number of carbonyl (C=O) groups is 2. The Bertz CT molecular complexity index is 171. The molecule has 0 rings (SSSR count). The Labute approximate surface area is 83.6 Å². The number of hydrogen-bond acceptors (Lipinski definition) is 3. The van der Waals surface area contributed by atoms with E-state index in [-0.39, 0.29) is 17.6 Å². The van der Waals surface area contributed by atoms with Gasteiger partial charge in [-0.05, 0) is 18.5 Å². The van der Waals surface area contributed by atoms with Crippen LogP contribution in [0.15, 0.2) is 0 Å². The van der Waals surface area contributed by atoms with Gasteiger partial charge in [0.2, 0.25) is 12.3 Å². The van der Waals surface area contributed by atoms with Gasteiger partial charge in [0.1, 0.15) is 6.61 Å². The number of Topliss-reactive ketones (excluding diaryl/α,β-unsaturated/α-hetero) is 1. The van der Waals surface area contributed by atoms with Gasteiger partial charge >= 0.3 is 0 Å². The molecule has 0 aliphatic heterocycles. The van der Waals surface area contributed by atoms with Crippen molar-refractivity contribution in [1.82, 2.24) is 0 Å². The Morgan fingerprint density at radius 1 is 1.46 bits per heavy atom. The zero-order valence-corrected chi connectivity index (χ0v) is 9.01. The van der Waals surface area contributed by atoms with Gasteiger partial charge in [0.25, 0.3) is 0 Å². The highest BCUT2D eigenvalue weighted by molar-refractivity contribution is 6.62. The molecule has 0 unspecified atom stereocenters. The fourth-order valence-corrected chi connectivity index (χ4v) is 0.203. The minimum atomic E-state index is -0.361. The monoisotopic (exact) mass is 207 g/mol. The SMILES string of the molecule is CC(=O)Cl.COCC(C)=O.[C-]#[N+]C. The number of methoxy groups -OCH3 is 1. The normalized spacial score (nSPS) is 6.46. The van der Waals surface area contributed by atoms with E-state index in [1.807, 2.05) is 0 Å². The molecule has 0 N–H and O–H groups in total. The van der Waals surface area contributed by atoms with Crippen molar-refractivity contribution in [3.63, 3.8) is 0 Å². The van der Waals surface area contributed by atoms with Crippen molar-refractivity contribution in [1.29, 1.82) is 0 Å². The number of carbonyl (C=O) groups excluding carboxylic acids is 2. The van der Waals surface area contributed by atoms with Crippen LogP contribution in [0.25, 0.3) is 4.85 Å². The number of nitrogens with zero attached hydrogens (tertiary/aromatic N) is 1.